The van der Waals surface area contributed by atoms with Crippen molar-refractivity contribution in [3.05, 3.63) is 53.3 Å². The number of hydrogen-bond donors (Lipinski definition) is 0. The Morgan fingerprint density at radius 2 is 1.77 bits per heavy atom. The van der Waals surface area contributed by atoms with Gasteiger partial charge in [-0.25, -0.2) is 4.79 Å². The zero-order chi connectivity index (χ0) is 21.1. The van der Waals surface area contributed by atoms with E-state index in [-0.39, 0.29) is 6.09 Å². The summed E-state index contributed by atoms with van der Waals surface area (Å²) in [6.07, 6.45) is 8.65. The summed E-state index contributed by atoms with van der Waals surface area (Å²) in [5.41, 5.74) is 3.59. The first-order chi connectivity index (χ1) is 14.4. The van der Waals surface area contributed by atoms with Crippen LogP contribution in [-0.4, -0.2) is 34.3 Å². The van der Waals surface area contributed by atoms with Crippen molar-refractivity contribution >= 4 is 6.09 Å². The zero-order valence-corrected chi connectivity index (χ0v) is 18.5. The van der Waals surface area contributed by atoms with Crippen LogP contribution in [0.4, 0.5) is 4.79 Å². The standard InChI is InChI=1S/C25H34N2O3/c1-25(2,3)30-24(28)26-15-13-20(14-16-26)27-17-23(21-11-7-8-12-22(21)27)29-18-19-9-5-4-6-10-19/h4-6,9-10,17,20H,7-8,11-16,18H2,1-3H3. The van der Waals surface area contributed by atoms with Crippen LogP contribution in [0, 0.1) is 0 Å². The van der Waals surface area contributed by atoms with E-state index in [4.69, 9.17) is 9.47 Å². The van der Waals surface area contributed by atoms with Gasteiger partial charge in [0.2, 0.25) is 0 Å². The van der Waals surface area contributed by atoms with Gasteiger partial charge in [-0.15, -0.1) is 0 Å². The van der Waals surface area contributed by atoms with Crippen molar-refractivity contribution in [1.82, 2.24) is 9.47 Å². The molecule has 30 heavy (non-hydrogen) atoms. The summed E-state index contributed by atoms with van der Waals surface area (Å²) >= 11 is 0. The molecule has 0 N–H and O–H groups in total. The second-order valence-corrected chi connectivity index (χ2v) is 9.51. The summed E-state index contributed by atoms with van der Waals surface area (Å²) in [6, 6.07) is 10.8. The molecular formula is C25H34N2O3. The maximum atomic E-state index is 12.4. The van der Waals surface area contributed by atoms with Crippen molar-refractivity contribution in [3.8, 4) is 5.75 Å². The SMILES string of the molecule is CC(C)(C)OC(=O)N1CCC(n2cc(OCc3ccccc3)c3c2CCCC3)CC1. The number of aromatic nitrogens is 1. The summed E-state index contributed by atoms with van der Waals surface area (Å²) in [6.45, 7) is 7.84. The quantitative estimate of drug-likeness (QED) is 0.667. The Labute approximate surface area is 180 Å². The Balaban J connectivity index is 1.44. The molecule has 0 radical (unpaired) electrons. The molecule has 1 amide bonds. The summed E-state index contributed by atoms with van der Waals surface area (Å²) in [5, 5.41) is 0. The van der Waals surface area contributed by atoms with Gasteiger partial charge in [0.05, 0.1) is 0 Å². The predicted octanol–water partition coefficient (Wildman–Crippen LogP) is 5.52. The molecule has 1 aliphatic heterocycles. The third-order valence-electron chi connectivity index (χ3n) is 6.05. The van der Waals surface area contributed by atoms with Gasteiger partial charge in [-0.05, 0) is 64.9 Å². The monoisotopic (exact) mass is 410 g/mol. The number of benzene rings is 1. The smallest absolute Gasteiger partial charge is 0.410 e. The van der Waals surface area contributed by atoms with Crippen LogP contribution in [0.3, 0.4) is 0 Å². The van der Waals surface area contributed by atoms with Crippen LogP contribution in [-0.2, 0) is 24.2 Å². The molecule has 1 aliphatic carbocycles. The Morgan fingerprint density at radius 1 is 1.07 bits per heavy atom. The lowest BCUT2D eigenvalue weighted by Gasteiger charge is -2.35. The van der Waals surface area contributed by atoms with Crippen molar-refractivity contribution in [1.29, 1.82) is 0 Å². The molecular weight excluding hydrogens is 376 g/mol. The van der Waals surface area contributed by atoms with E-state index in [0.717, 1.165) is 44.5 Å². The summed E-state index contributed by atoms with van der Waals surface area (Å²) in [4.78, 5) is 14.2. The van der Waals surface area contributed by atoms with E-state index in [1.807, 2.05) is 31.7 Å². The van der Waals surface area contributed by atoms with Crippen LogP contribution >= 0.6 is 0 Å². The fourth-order valence-electron chi connectivity index (χ4n) is 4.56. The topological polar surface area (TPSA) is 43.7 Å². The average Bonchev–Trinajstić information content (AvgIpc) is 3.11. The highest BCUT2D eigenvalue weighted by molar-refractivity contribution is 5.68. The van der Waals surface area contributed by atoms with Gasteiger partial charge in [0.1, 0.15) is 18.0 Å². The summed E-state index contributed by atoms with van der Waals surface area (Å²) < 4.78 is 14.3. The number of hydrogen-bond acceptors (Lipinski definition) is 3. The van der Waals surface area contributed by atoms with E-state index in [0.29, 0.717) is 12.6 Å². The van der Waals surface area contributed by atoms with Gasteiger partial charge in [-0.3, -0.25) is 0 Å². The maximum Gasteiger partial charge on any atom is 0.410 e. The molecule has 2 heterocycles. The van der Waals surface area contributed by atoms with Crippen molar-refractivity contribution < 1.29 is 14.3 Å². The fraction of sp³-hybridized carbons (Fsp3) is 0.560. The third kappa shape index (κ3) is 4.82. The van der Waals surface area contributed by atoms with Crippen LogP contribution in [0.25, 0.3) is 0 Å². The highest BCUT2D eigenvalue weighted by atomic mass is 16.6. The molecule has 1 fully saturated rings. The van der Waals surface area contributed by atoms with Gasteiger partial charge >= 0.3 is 6.09 Å². The number of fused-ring (bicyclic) bond motifs is 1. The molecule has 162 valence electrons. The first-order valence-corrected chi connectivity index (χ1v) is 11.3. The third-order valence-corrected chi connectivity index (χ3v) is 6.05. The van der Waals surface area contributed by atoms with Crippen molar-refractivity contribution in [2.45, 2.75) is 77.5 Å². The Hall–Kier alpha value is -2.43. The molecule has 5 nitrogen and oxygen atoms in total. The number of carbonyl (C=O) groups excluding carboxylic acids is 1. The minimum absolute atomic E-state index is 0.192. The van der Waals surface area contributed by atoms with E-state index < -0.39 is 5.60 Å². The number of likely N-dealkylation sites (tertiary alicyclic amines) is 1. The van der Waals surface area contributed by atoms with Gasteiger partial charge in [-0.2, -0.15) is 0 Å². The molecule has 2 aliphatic rings. The molecule has 0 bridgehead atoms. The summed E-state index contributed by atoms with van der Waals surface area (Å²) in [7, 11) is 0. The van der Waals surface area contributed by atoms with E-state index >= 15 is 0 Å². The Kier molecular flexibility index (Phi) is 6.07. The molecule has 0 atom stereocenters. The van der Waals surface area contributed by atoms with Gasteiger partial charge in [0.15, 0.2) is 0 Å². The average molecular weight is 411 g/mol. The fourth-order valence-corrected chi connectivity index (χ4v) is 4.56. The number of rotatable bonds is 4. The second kappa shape index (κ2) is 8.75. The molecule has 1 aromatic carbocycles. The predicted molar refractivity (Wildman–Crippen MR) is 118 cm³/mol. The first kappa shape index (κ1) is 20.8. The molecule has 5 heteroatoms. The van der Waals surface area contributed by atoms with E-state index in [9.17, 15) is 4.79 Å². The number of nitrogens with zero attached hydrogens (tertiary/aromatic N) is 2. The zero-order valence-electron chi connectivity index (χ0n) is 18.5. The van der Waals surface area contributed by atoms with Gasteiger partial charge < -0.3 is 18.9 Å². The van der Waals surface area contributed by atoms with E-state index in [2.05, 4.69) is 35.0 Å². The molecule has 0 unspecified atom stereocenters. The maximum absolute atomic E-state index is 12.4. The van der Waals surface area contributed by atoms with Crippen LogP contribution in [0.15, 0.2) is 36.5 Å². The largest absolute Gasteiger partial charge is 0.487 e. The van der Waals surface area contributed by atoms with Crippen molar-refractivity contribution in [3.63, 3.8) is 0 Å². The van der Waals surface area contributed by atoms with Crippen LogP contribution in [0.2, 0.25) is 0 Å². The van der Waals surface area contributed by atoms with Crippen LogP contribution in [0.5, 0.6) is 5.75 Å². The Morgan fingerprint density at radius 3 is 2.47 bits per heavy atom. The van der Waals surface area contributed by atoms with Gasteiger partial charge in [0, 0.05) is 36.6 Å². The first-order valence-electron chi connectivity index (χ1n) is 11.3. The second-order valence-electron chi connectivity index (χ2n) is 9.51. The highest BCUT2D eigenvalue weighted by Gasteiger charge is 2.30. The molecule has 2 aromatic rings. The lowest BCUT2D eigenvalue weighted by molar-refractivity contribution is 0.0187. The Bertz CT molecular complexity index is 859. The van der Waals surface area contributed by atoms with Crippen LogP contribution < -0.4 is 4.74 Å². The molecule has 4 rings (SSSR count). The number of amides is 1. The minimum Gasteiger partial charge on any atom is -0.487 e. The number of piperidine rings is 1. The summed E-state index contributed by atoms with van der Waals surface area (Å²) in [5.74, 6) is 1.04. The molecule has 0 saturated carbocycles. The number of ether oxygens (including phenoxy) is 2. The lowest BCUT2D eigenvalue weighted by atomic mass is 9.96. The minimum atomic E-state index is -0.446. The van der Waals surface area contributed by atoms with Gasteiger partial charge in [-0.1, -0.05) is 30.3 Å². The molecule has 1 aromatic heterocycles. The van der Waals surface area contributed by atoms with Crippen LogP contribution in [0.1, 0.15) is 69.3 Å². The van der Waals surface area contributed by atoms with Crippen molar-refractivity contribution in [2.75, 3.05) is 13.1 Å². The molecule has 1 saturated heterocycles. The number of carbonyl (C=O) groups is 1. The lowest BCUT2D eigenvalue weighted by Crippen LogP contribution is -2.42. The normalized spacial score (nSPS) is 17.5. The molecule has 0 spiro atoms. The van der Waals surface area contributed by atoms with E-state index in [1.54, 1.807) is 0 Å². The highest BCUT2D eigenvalue weighted by Crippen LogP contribution is 2.37. The van der Waals surface area contributed by atoms with Gasteiger partial charge in [0.25, 0.3) is 0 Å². The van der Waals surface area contributed by atoms with Crippen molar-refractivity contribution in [2.24, 2.45) is 0 Å². The van der Waals surface area contributed by atoms with E-state index in [1.165, 1.54) is 29.7 Å².